The van der Waals surface area contributed by atoms with E-state index in [1.165, 1.54) is 9.87 Å². The largest absolute Gasteiger partial charge is 0.338 e. The Hall–Kier alpha value is -2.09. The van der Waals surface area contributed by atoms with Gasteiger partial charge in [0, 0.05) is 37.7 Å². The molecule has 1 fully saturated rings. The molecule has 2 aromatic carbocycles. The average molecular weight is 450 g/mol. The summed E-state index contributed by atoms with van der Waals surface area (Å²) in [7, 11) is -3.64. The molecule has 0 N–H and O–H groups in total. The Kier molecular flexibility index (Phi) is 7.39. The van der Waals surface area contributed by atoms with E-state index in [0.29, 0.717) is 30.2 Å². The Morgan fingerprint density at radius 1 is 1.03 bits per heavy atom. The first-order chi connectivity index (χ1) is 14.3. The highest BCUT2D eigenvalue weighted by molar-refractivity contribution is 7.92. The molecule has 6 nitrogen and oxygen atoms in total. The van der Waals surface area contributed by atoms with E-state index >= 15 is 0 Å². The first-order valence-electron chi connectivity index (χ1n) is 10.1. The minimum atomic E-state index is -3.64. The number of benzene rings is 2. The molecular formula is C22H28ClN3O3S. The summed E-state index contributed by atoms with van der Waals surface area (Å²) >= 11 is 5.95. The minimum absolute atomic E-state index is 0.155. The minimum Gasteiger partial charge on any atom is -0.338 e. The lowest BCUT2D eigenvalue weighted by molar-refractivity contribution is -0.134. The fourth-order valence-electron chi connectivity index (χ4n) is 3.81. The van der Waals surface area contributed by atoms with Crippen LogP contribution in [-0.4, -0.2) is 62.6 Å². The second-order valence-corrected chi connectivity index (χ2v) is 9.84. The first-order valence-corrected chi connectivity index (χ1v) is 12.3. The van der Waals surface area contributed by atoms with Gasteiger partial charge in [-0.25, -0.2) is 8.42 Å². The van der Waals surface area contributed by atoms with Crippen LogP contribution in [0.3, 0.4) is 0 Å². The number of piperazine rings is 1. The van der Waals surface area contributed by atoms with Crippen LogP contribution in [0.1, 0.15) is 18.9 Å². The summed E-state index contributed by atoms with van der Waals surface area (Å²) in [5.41, 5.74) is 1.69. The topological polar surface area (TPSA) is 60.9 Å². The molecule has 2 aromatic rings. The fourth-order valence-corrected chi connectivity index (χ4v) is 5.14. The third-order valence-electron chi connectivity index (χ3n) is 5.33. The zero-order valence-corrected chi connectivity index (χ0v) is 18.9. The maximum Gasteiger partial charge on any atom is 0.246 e. The van der Waals surface area contributed by atoms with Gasteiger partial charge in [-0.15, -0.1) is 0 Å². The monoisotopic (exact) mass is 449 g/mol. The molecule has 1 aliphatic heterocycles. The number of halogens is 1. The molecule has 1 amide bonds. The van der Waals surface area contributed by atoms with E-state index in [2.05, 4.69) is 17.0 Å². The molecule has 1 heterocycles. The van der Waals surface area contributed by atoms with Gasteiger partial charge in [-0.05, 0) is 36.2 Å². The van der Waals surface area contributed by atoms with Crippen molar-refractivity contribution in [2.75, 3.05) is 36.7 Å². The zero-order valence-electron chi connectivity index (χ0n) is 17.4. The fraction of sp³-hybridized carbons (Fsp3) is 0.409. The number of rotatable bonds is 7. The van der Waals surface area contributed by atoms with Crippen LogP contribution in [0.4, 0.5) is 5.69 Å². The molecule has 0 radical (unpaired) electrons. The van der Waals surface area contributed by atoms with E-state index < -0.39 is 16.1 Å². The van der Waals surface area contributed by atoms with E-state index in [9.17, 15) is 13.2 Å². The predicted octanol–water partition coefficient (Wildman–Crippen LogP) is 3.23. The number of carbonyl (C=O) groups excluding carboxylic acids is 1. The smallest absolute Gasteiger partial charge is 0.246 e. The van der Waals surface area contributed by atoms with Crippen LogP contribution in [0.5, 0.6) is 0 Å². The van der Waals surface area contributed by atoms with Crippen LogP contribution in [0, 0.1) is 0 Å². The van der Waals surface area contributed by atoms with Crippen molar-refractivity contribution in [3.8, 4) is 0 Å². The Morgan fingerprint density at radius 2 is 1.63 bits per heavy atom. The predicted molar refractivity (Wildman–Crippen MR) is 121 cm³/mol. The number of anilines is 1. The van der Waals surface area contributed by atoms with Crippen molar-refractivity contribution in [3.05, 3.63) is 65.2 Å². The van der Waals surface area contributed by atoms with Gasteiger partial charge in [0.15, 0.2) is 0 Å². The number of hydrogen-bond acceptors (Lipinski definition) is 4. The van der Waals surface area contributed by atoms with Crippen LogP contribution >= 0.6 is 11.6 Å². The molecular weight excluding hydrogens is 422 g/mol. The molecule has 1 saturated heterocycles. The second-order valence-electron chi connectivity index (χ2n) is 7.55. The summed E-state index contributed by atoms with van der Waals surface area (Å²) in [6.45, 7) is 5.37. The van der Waals surface area contributed by atoms with Gasteiger partial charge in [0.25, 0.3) is 0 Å². The first kappa shape index (κ1) is 22.6. The Labute approximate surface area is 184 Å². The number of carbonyl (C=O) groups is 1. The molecule has 162 valence electrons. The number of nitrogens with zero attached hydrogens (tertiary/aromatic N) is 3. The maximum absolute atomic E-state index is 13.3. The quantitative estimate of drug-likeness (QED) is 0.651. The van der Waals surface area contributed by atoms with Crippen molar-refractivity contribution in [2.45, 2.75) is 25.9 Å². The van der Waals surface area contributed by atoms with Crippen molar-refractivity contribution in [1.82, 2.24) is 9.80 Å². The summed E-state index contributed by atoms with van der Waals surface area (Å²) in [6.07, 6.45) is 1.52. The van der Waals surface area contributed by atoms with E-state index in [0.717, 1.165) is 25.9 Å². The zero-order chi connectivity index (χ0) is 21.7. The standard InChI is InChI=1S/C22H28ClN3O3S/c1-3-21(26(30(2,28)29)20-11-9-19(23)10-12-20)22(27)25-15-13-24(14-16-25)17-18-7-5-4-6-8-18/h4-12,21H,3,13-17H2,1-2H3. The van der Waals surface area contributed by atoms with Crippen molar-refractivity contribution >= 4 is 33.2 Å². The van der Waals surface area contributed by atoms with Crippen molar-refractivity contribution < 1.29 is 13.2 Å². The van der Waals surface area contributed by atoms with Gasteiger partial charge < -0.3 is 4.90 Å². The van der Waals surface area contributed by atoms with Crippen LogP contribution in [0.2, 0.25) is 5.02 Å². The van der Waals surface area contributed by atoms with E-state index in [4.69, 9.17) is 11.6 Å². The third kappa shape index (κ3) is 5.53. The Bertz CT molecular complexity index is 943. The molecule has 1 aliphatic rings. The lowest BCUT2D eigenvalue weighted by atomic mass is 10.1. The average Bonchev–Trinajstić information content (AvgIpc) is 2.73. The number of hydrogen-bond donors (Lipinski definition) is 0. The van der Waals surface area contributed by atoms with Gasteiger partial charge in [0.1, 0.15) is 6.04 Å². The lowest BCUT2D eigenvalue weighted by Crippen LogP contribution is -2.55. The van der Waals surface area contributed by atoms with Crippen molar-refractivity contribution in [1.29, 1.82) is 0 Å². The summed E-state index contributed by atoms with van der Waals surface area (Å²) in [4.78, 5) is 17.4. The molecule has 1 unspecified atom stereocenters. The SMILES string of the molecule is CCC(C(=O)N1CCN(Cc2ccccc2)CC1)N(c1ccc(Cl)cc1)S(C)(=O)=O. The molecule has 3 rings (SSSR count). The normalized spacial score (nSPS) is 16.3. The highest BCUT2D eigenvalue weighted by Gasteiger charge is 2.35. The number of sulfonamides is 1. The summed E-state index contributed by atoms with van der Waals surface area (Å²) < 4.78 is 26.4. The van der Waals surface area contributed by atoms with E-state index in [1.54, 1.807) is 29.2 Å². The maximum atomic E-state index is 13.3. The Balaban J connectivity index is 1.71. The molecule has 0 bridgehead atoms. The molecule has 0 saturated carbocycles. The molecule has 8 heteroatoms. The Morgan fingerprint density at radius 3 is 2.17 bits per heavy atom. The summed E-state index contributed by atoms with van der Waals surface area (Å²) in [5.74, 6) is -0.155. The van der Waals surface area contributed by atoms with Crippen LogP contribution in [0.25, 0.3) is 0 Å². The highest BCUT2D eigenvalue weighted by Crippen LogP contribution is 2.25. The number of amides is 1. The molecule has 0 spiro atoms. The third-order valence-corrected chi connectivity index (χ3v) is 6.76. The van der Waals surface area contributed by atoms with Gasteiger partial charge in [-0.1, -0.05) is 48.9 Å². The highest BCUT2D eigenvalue weighted by atomic mass is 35.5. The molecule has 0 aliphatic carbocycles. The van der Waals surface area contributed by atoms with Gasteiger partial charge in [-0.2, -0.15) is 0 Å². The van der Waals surface area contributed by atoms with E-state index in [1.807, 2.05) is 25.1 Å². The second kappa shape index (κ2) is 9.81. The van der Waals surface area contributed by atoms with Gasteiger partial charge in [0.2, 0.25) is 15.9 Å². The van der Waals surface area contributed by atoms with Crippen LogP contribution in [-0.2, 0) is 21.4 Å². The lowest BCUT2D eigenvalue weighted by Gasteiger charge is -2.39. The molecule has 30 heavy (non-hydrogen) atoms. The van der Waals surface area contributed by atoms with Gasteiger partial charge in [-0.3, -0.25) is 14.0 Å². The van der Waals surface area contributed by atoms with Crippen molar-refractivity contribution in [3.63, 3.8) is 0 Å². The summed E-state index contributed by atoms with van der Waals surface area (Å²) in [6, 6.07) is 16.0. The van der Waals surface area contributed by atoms with Gasteiger partial charge >= 0.3 is 0 Å². The van der Waals surface area contributed by atoms with E-state index in [-0.39, 0.29) is 5.91 Å². The van der Waals surface area contributed by atoms with Crippen LogP contribution in [0.15, 0.2) is 54.6 Å². The van der Waals surface area contributed by atoms with Crippen molar-refractivity contribution in [2.24, 2.45) is 0 Å². The molecule has 1 atom stereocenters. The van der Waals surface area contributed by atoms with Crippen LogP contribution < -0.4 is 4.31 Å². The van der Waals surface area contributed by atoms with Gasteiger partial charge in [0.05, 0.1) is 11.9 Å². The molecule has 0 aromatic heterocycles. The summed E-state index contributed by atoms with van der Waals surface area (Å²) in [5, 5.41) is 0.515.